The van der Waals surface area contributed by atoms with Gasteiger partial charge in [-0.1, -0.05) is 19.8 Å². The van der Waals surface area contributed by atoms with E-state index in [-0.39, 0.29) is 6.10 Å². The van der Waals surface area contributed by atoms with Crippen molar-refractivity contribution >= 4 is 0 Å². The van der Waals surface area contributed by atoms with E-state index in [0.29, 0.717) is 30.9 Å². The standard InChI is InChI=1S/C18H22F6O3/c1-2-3-11-4-6-12(7-5-11)25-10-18(23,24)27-13-8-14(19)16(15(20)9-13)26-17(21)22/h8-9,11-12,17H,2-7,10H2,1H3. The Balaban J connectivity index is 1.88. The number of hydrogen-bond acceptors (Lipinski definition) is 3. The average molecular weight is 400 g/mol. The SMILES string of the molecule is CCCC1CCC(OCC(F)(F)Oc2cc(F)c(OC(F)F)c(F)c2)CC1. The first-order chi connectivity index (χ1) is 12.7. The molecular formula is C18H22F6O3. The fourth-order valence-electron chi connectivity index (χ4n) is 3.21. The smallest absolute Gasteiger partial charge is 0.421 e. The van der Waals surface area contributed by atoms with Crippen LogP contribution in [0.3, 0.4) is 0 Å². The molecule has 154 valence electrons. The van der Waals surface area contributed by atoms with Crippen molar-refractivity contribution < 1.29 is 40.6 Å². The van der Waals surface area contributed by atoms with Crippen molar-refractivity contribution in [3.63, 3.8) is 0 Å². The van der Waals surface area contributed by atoms with E-state index in [4.69, 9.17) is 4.74 Å². The molecule has 0 unspecified atom stereocenters. The summed E-state index contributed by atoms with van der Waals surface area (Å²) in [6, 6.07) is 0.704. The number of hydrogen-bond donors (Lipinski definition) is 0. The van der Waals surface area contributed by atoms with Crippen molar-refractivity contribution in [1.82, 2.24) is 0 Å². The van der Waals surface area contributed by atoms with Gasteiger partial charge in [-0.25, -0.2) is 8.78 Å². The van der Waals surface area contributed by atoms with Gasteiger partial charge >= 0.3 is 12.7 Å². The van der Waals surface area contributed by atoms with E-state index in [0.717, 1.165) is 25.7 Å². The summed E-state index contributed by atoms with van der Waals surface area (Å²) in [5.41, 5.74) is 0. The quantitative estimate of drug-likeness (QED) is 0.482. The monoisotopic (exact) mass is 400 g/mol. The van der Waals surface area contributed by atoms with E-state index in [9.17, 15) is 26.3 Å². The first-order valence-electron chi connectivity index (χ1n) is 8.82. The predicted octanol–water partition coefficient (Wildman–Crippen LogP) is 5.91. The molecule has 0 spiro atoms. The number of ether oxygens (including phenoxy) is 3. The summed E-state index contributed by atoms with van der Waals surface area (Å²) >= 11 is 0. The van der Waals surface area contributed by atoms with Gasteiger partial charge in [0, 0.05) is 12.1 Å². The highest BCUT2D eigenvalue weighted by Gasteiger charge is 2.35. The van der Waals surface area contributed by atoms with Crippen LogP contribution >= 0.6 is 0 Å². The number of rotatable bonds is 9. The van der Waals surface area contributed by atoms with Crippen LogP contribution in [0.5, 0.6) is 11.5 Å². The molecule has 1 aromatic carbocycles. The van der Waals surface area contributed by atoms with Gasteiger partial charge in [0.2, 0.25) is 0 Å². The van der Waals surface area contributed by atoms with Gasteiger partial charge in [0.15, 0.2) is 24.0 Å². The first kappa shape index (κ1) is 21.7. The van der Waals surface area contributed by atoms with Crippen LogP contribution in [0.25, 0.3) is 0 Å². The topological polar surface area (TPSA) is 27.7 Å². The van der Waals surface area contributed by atoms with Crippen LogP contribution in [-0.2, 0) is 4.74 Å². The fraction of sp³-hybridized carbons (Fsp3) is 0.667. The Labute approximate surface area is 153 Å². The van der Waals surface area contributed by atoms with Gasteiger partial charge in [-0.05, 0) is 31.6 Å². The van der Waals surface area contributed by atoms with Gasteiger partial charge < -0.3 is 14.2 Å². The van der Waals surface area contributed by atoms with Crippen LogP contribution in [0.15, 0.2) is 12.1 Å². The summed E-state index contributed by atoms with van der Waals surface area (Å²) < 4.78 is 92.2. The lowest BCUT2D eigenvalue weighted by Gasteiger charge is -2.29. The van der Waals surface area contributed by atoms with Crippen molar-refractivity contribution in [3.8, 4) is 11.5 Å². The lowest BCUT2D eigenvalue weighted by atomic mass is 9.85. The molecule has 0 amide bonds. The van der Waals surface area contributed by atoms with Crippen molar-refractivity contribution in [2.75, 3.05) is 6.61 Å². The molecule has 0 N–H and O–H groups in total. The van der Waals surface area contributed by atoms with Crippen LogP contribution in [0, 0.1) is 17.6 Å². The summed E-state index contributed by atoms with van der Waals surface area (Å²) in [6.07, 6.45) is 1.20. The van der Waals surface area contributed by atoms with Gasteiger partial charge in [0.1, 0.15) is 5.75 Å². The van der Waals surface area contributed by atoms with Crippen molar-refractivity contribution in [1.29, 1.82) is 0 Å². The zero-order valence-electron chi connectivity index (χ0n) is 14.8. The Morgan fingerprint density at radius 2 is 1.67 bits per heavy atom. The third-order valence-electron chi connectivity index (χ3n) is 4.42. The highest BCUT2D eigenvalue weighted by Crippen LogP contribution is 2.33. The van der Waals surface area contributed by atoms with Gasteiger partial charge in [-0.15, -0.1) is 0 Å². The molecule has 1 aromatic rings. The number of benzene rings is 1. The maximum absolute atomic E-state index is 13.9. The zero-order valence-corrected chi connectivity index (χ0v) is 14.8. The normalized spacial score (nSPS) is 20.7. The molecular weight excluding hydrogens is 378 g/mol. The molecule has 9 heteroatoms. The third kappa shape index (κ3) is 6.79. The maximum Gasteiger partial charge on any atom is 0.421 e. The minimum atomic E-state index is -3.83. The highest BCUT2D eigenvalue weighted by atomic mass is 19.3. The van der Waals surface area contributed by atoms with E-state index in [2.05, 4.69) is 16.4 Å². The summed E-state index contributed by atoms with van der Waals surface area (Å²) in [7, 11) is 0. The molecule has 3 nitrogen and oxygen atoms in total. The largest absolute Gasteiger partial charge is 0.431 e. The molecule has 0 saturated heterocycles. The molecule has 1 aliphatic rings. The summed E-state index contributed by atoms with van der Waals surface area (Å²) in [4.78, 5) is 0. The second-order valence-electron chi connectivity index (χ2n) is 6.58. The third-order valence-corrected chi connectivity index (χ3v) is 4.42. The van der Waals surface area contributed by atoms with E-state index < -0.39 is 42.5 Å². The fourth-order valence-corrected chi connectivity index (χ4v) is 3.21. The number of halogens is 6. The lowest BCUT2D eigenvalue weighted by Crippen LogP contribution is -2.34. The van der Waals surface area contributed by atoms with Gasteiger partial charge in [-0.3, -0.25) is 0 Å². The van der Waals surface area contributed by atoms with E-state index in [1.165, 1.54) is 0 Å². The summed E-state index contributed by atoms with van der Waals surface area (Å²) in [6.45, 7) is -2.43. The van der Waals surface area contributed by atoms with E-state index in [1.807, 2.05) is 0 Å². The molecule has 0 heterocycles. The maximum atomic E-state index is 13.9. The first-order valence-corrected chi connectivity index (χ1v) is 8.82. The Morgan fingerprint density at radius 1 is 1.07 bits per heavy atom. The van der Waals surface area contributed by atoms with Crippen LogP contribution in [0.2, 0.25) is 0 Å². The molecule has 1 fully saturated rings. The zero-order chi connectivity index (χ0) is 20.0. The average Bonchev–Trinajstić information content (AvgIpc) is 2.57. The molecule has 0 bridgehead atoms. The van der Waals surface area contributed by atoms with Crippen LogP contribution < -0.4 is 9.47 Å². The Hall–Kier alpha value is -1.64. The van der Waals surface area contributed by atoms with Crippen LogP contribution in [0.1, 0.15) is 45.4 Å². The molecule has 0 radical (unpaired) electrons. The van der Waals surface area contributed by atoms with E-state index in [1.54, 1.807) is 0 Å². The second-order valence-corrected chi connectivity index (χ2v) is 6.58. The minimum absolute atomic E-state index is 0.317. The molecule has 1 aliphatic carbocycles. The van der Waals surface area contributed by atoms with Gasteiger partial charge in [0.25, 0.3) is 0 Å². The Kier molecular flexibility index (Phi) is 7.64. The highest BCUT2D eigenvalue weighted by molar-refractivity contribution is 5.35. The van der Waals surface area contributed by atoms with Crippen LogP contribution in [-0.4, -0.2) is 25.4 Å². The Bertz CT molecular complexity index is 580. The minimum Gasteiger partial charge on any atom is -0.431 e. The van der Waals surface area contributed by atoms with Crippen molar-refractivity contribution in [2.24, 2.45) is 5.92 Å². The Morgan fingerprint density at radius 3 is 2.19 bits per heavy atom. The number of alkyl halides is 4. The van der Waals surface area contributed by atoms with Gasteiger partial charge in [-0.2, -0.15) is 17.6 Å². The molecule has 27 heavy (non-hydrogen) atoms. The molecule has 2 rings (SSSR count). The molecule has 1 saturated carbocycles. The van der Waals surface area contributed by atoms with Crippen molar-refractivity contribution in [3.05, 3.63) is 23.8 Å². The van der Waals surface area contributed by atoms with Crippen molar-refractivity contribution in [2.45, 2.75) is 64.3 Å². The lowest BCUT2D eigenvalue weighted by molar-refractivity contribution is -0.222. The second kappa shape index (κ2) is 9.52. The molecule has 0 aromatic heterocycles. The van der Waals surface area contributed by atoms with Crippen LogP contribution in [0.4, 0.5) is 26.3 Å². The van der Waals surface area contributed by atoms with E-state index >= 15 is 0 Å². The molecule has 0 aliphatic heterocycles. The predicted molar refractivity (Wildman–Crippen MR) is 85.2 cm³/mol. The summed E-state index contributed by atoms with van der Waals surface area (Å²) in [5, 5.41) is 0. The summed E-state index contributed by atoms with van der Waals surface area (Å²) in [5.74, 6) is -4.77. The molecule has 0 atom stereocenters. The van der Waals surface area contributed by atoms with Gasteiger partial charge in [0.05, 0.1) is 6.10 Å².